The van der Waals surface area contributed by atoms with E-state index in [0.29, 0.717) is 16.8 Å². The summed E-state index contributed by atoms with van der Waals surface area (Å²) in [6, 6.07) is 9.17. The first-order valence-corrected chi connectivity index (χ1v) is 9.50. The van der Waals surface area contributed by atoms with Gasteiger partial charge in [0, 0.05) is 23.1 Å². The van der Waals surface area contributed by atoms with E-state index in [0.717, 1.165) is 29.5 Å². The lowest BCUT2D eigenvalue weighted by atomic mass is 10.0. The van der Waals surface area contributed by atoms with Crippen molar-refractivity contribution in [2.24, 2.45) is 5.92 Å². The Hall–Kier alpha value is -4.14. The van der Waals surface area contributed by atoms with Crippen LogP contribution in [0.15, 0.2) is 55.1 Å². The van der Waals surface area contributed by atoms with E-state index < -0.39 is 0 Å². The Morgan fingerprint density at radius 1 is 0.933 bits per heavy atom. The number of rotatable bonds is 5. The molecule has 0 spiro atoms. The largest absolute Gasteiger partial charge is 0.324 e. The number of hydrogen-bond donors (Lipinski definition) is 3. The van der Waals surface area contributed by atoms with Crippen molar-refractivity contribution < 1.29 is 9.59 Å². The Kier molecular flexibility index (Phi) is 4.40. The maximum Gasteiger partial charge on any atom is 0.276 e. The van der Waals surface area contributed by atoms with E-state index in [1.165, 1.54) is 12.4 Å². The molecule has 1 fully saturated rings. The van der Waals surface area contributed by atoms with Gasteiger partial charge in [-0.05, 0) is 42.7 Å². The Morgan fingerprint density at radius 3 is 2.63 bits per heavy atom. The van der Waals surface area contributed by atoms with Crippen molar-refractivity contribution in [3.63, 3.8) is 0 Å². The number of fused-ring (bicyclic) bond motifs is 1. The van der Waals surface area contributed by atoms with E-state index in [1.807, 2.05) is 24.3 Å². The highest BCUT2D eigenvalue weighted by atomic mass is 16.2. The number of nitrogens with one attached hydrogen (secondary N) is 3. The van der Waals surface area contributed by atoms with Crippen molar-refractivity contribution in [2.75, 3.05) is 10.6 Å². The van der Waals surface area contributed by atoms with Gasteiger partial charge < -0.3 is 10.6 Å². The first-order valence-electron chi connectivity index (χ1n) is 9.50. The van der Waals surface area contributed by atoms with Crippen LogP contribution in [0, 0.1) is 5.92 Å². The molecule has 0 radical (unpaired) electrons. The molecule has 0 bridgehead atoms. The van der Waals surface area contributed by atoms with Crippen LogP contribution in [0.25, 0.3) is 22.0 Å². The van der Waals surface area contributed by atoms with E-state index in [9.17, 15) is 9.59 Å². The van der Waals surface area contributed by atoms with E-state index >= 15 is 0 Å². The molecule has 148 valence electrons. The number of anilines is 2. The van der Waals surface area contributed by atoms with E-state index in [2.05, 4.69) is 36.0 Å². The second-order valence-electron chi connectivity index (χ2n) is 7.14. The summed E-state index contributed by atoms with van der Waals surface area (Å²) in [6.07, 6.45) is 8.19. The average Bonchev–Trinajstić information content (AvgIpc) is 3.54. The highest BCUT2D eigenvalue weighted by molar-refractivity contribution is 6.11. The lowest BCUT2D eigenvalue weighted by molar-refractivity contribution is -0.117. The van der Waals surface area contributed by atoms with Crippen LogP contribution in [0.5, 0.6) is 0 Å². The Morgan fingerprint density at radius 2 is 1.83 bits per heavy atom. The molecule has 1 saturated carbocycles. The van der Waals surface area contributed by atoms with Gasteiger partial charge >= 0.3 is 0 Å². The molecule has 0 saturated heterocycles. The number of benzene rings is 1. The fourth-order valence-electron chi connectivity index (χ4n) is 3.18. The molecular formula is C21H17N7O2. The predicted octanol–water partition coefficient (Wildman–Crippen LogP) is 3.02. The molecule has 4 aromatic rings. The average molecular weight is 399 g/mol. The molecule has 2 amide bonds. The number of aromatic nitrogens is 5. The second kappa shape index (κ2) is 7.36. The number of aromatic amines is 1. The van der Waals surface area contributed by atoms with E-state index in [4.69, 9.17) is 0 Å². The van der Waals surface area contributed by atoms with Crippen LogP contribution in [0.4, 0.5) is 11.4 Å². The number of hydrogen-bond acceptors (Lipinski definition) is 6. The molecule has 0 atom stereocenters. The SMILES string of the molecule is O=C(Nc1ccnnc1)c1n[nH]c2ccc(-c3cncc(NC(=O)C4CC4)c3)cc12. The van der Waals surface area contributed by atoms with Gasteiger partial charge in [0.25, 0.3) is 5.91 Å². The maximum atomic E-state index is 12.7. The lowest BCUT2D eigenvalue weighted by Crippen LogP contribution is -2.13. The van der Waals surface area contributed by atoms with Crippen molar-refractivity contribution in [3.8, 4) is 11.1 Å². The monoisotopic (exact) mass is 399 g/mol. The smallest absolute Gasteiger partial charge is 0.276 e. The van der Waals surface area contributed by atoms with E-state index in [-0.39, 0.29) is 23.4 Å². The third-order valence-electron chi connectivity index (χ3n) is 4.91. The van der Waals surface area contributed by atoms with Gasteiger partial charge in [0.1, 0.15) is 0 Å². The third kappa shape index (κ3) is 3.60. The summed E-state index contributed by atoms with van der Waals surface area (Å²) in [4.78, 5) is 29.0. The number of nitrogens with zero attached hydrogens (tertiary/aromatic N) is 4. The van der Waals surface area contributed by atoms with Gasteiger partial charge in [0.15, 0.2) is 5.69 Å². The van der Waals surface area contributed by atoms with Gasteiger partial charge in [-0.15, -0.1) is 0 Å². The van der Waals surface area contributed by atoms with Gasteiger partial charge in [0.05, 0.1) is 35.5 Å². The van der Waals surface area contributed by atoms with Gasteiger partial charge in [-0.25, -0.2) is 0 Å². The van der Waals surface area contributed by atoms with Crippen LogP contribution in [0.3, 0.4) is 0 Å². The molecule has 3 N–H and O–H groups in total. The van der Waals surface area contributed by atoms with Crippen LogP contribution < -0.4 is 10.6 Å². The summed E-state index contributed by atoms with van der Waals surface area (Å²) >= 11 is 0. The molecule has 0 aliphatic heterocycles. The minimum atomic E-state index is -0.352. The molecule has 1 aromatic carbocycles. The van der Waals surface area contributed by atoms with Crippen molar-refractivity contribution in [2.45, 2.75) is 12.8 Å². The summed E-state index contributed by atoms with van der Waals surface area (Å²) in [7, 11) is 0. The Labute approximate surface area is 170 Å². The first-order chi connectivity index (χ1) is 14.7. The highest BCUT2D eigenvalue weighted by Gasteiger charge is 2.29. The predicted molar refractivity (Wildman–Crippen MR) is 111 cm³/mol. The highest BCUT2D eigenvalue weighted by Crippen LogP contribution is 2.31. The molecule has 5 rings (SSSR count). The molecule has 9 heteroatoms. The first kappa shape index (κ1) is 17.9. The zero-order chi connectivity index (χ0) is 20.5. The molecule has 1 aliphatic carbocycles. The fraction of sp³-hybridized carbons (Fsp3) is 0.143. The van der Waals surface area contributed by atoms with Crippen molar-refractivity contribution in [1.29, 1.82) is 0 Å². The van der Waals surface area contributed by atoms with Crippen molar-refractivity contribution in [1.82, 2.24) is 25.4 Å². The molecule has 9 nitrogen and oxygen atoms in total. The number of H-pyrrole nitrogens is 1. The zero-order valence-corrected chi connectivity index (χ0v) is 15.8. The second-order valence-corrected chi connectivity index (χ2v) is 7.14. The van der Waals surface area contributed by atoms with Crippen molar-refractivity contribution in [3.05, 3.63) is 60.8 Å². The number of amides is 2. The normalized spacial score (nSPS) is 13.2. The lowest BCUT2D eigenvalue weighted by Gasteiger charge is -2.07. The summed E-state index contributed by atoms with van der Waals surface area (Å²) in [5, 5.41) is 20.8. The van der Waals surface area contributed by atoms with Crippen LogP contribution in [-0.2, 0) is 4.79 Å². The summed E-state index contributed by atoms with van der Waals surface area (Å²) in [5.41, 5.74) is 3.89. The minimum Gasteiger partial charge on any atom is -0.324 e. The van der Waals surface area contributed by atoms with Gasteiger partial charge in [0.2, 0.25) is 5.91 Å². The molecule has 0 unspecified atom stereocenters. The molecule has 1 aliphatic rings. The number of carbonyl (C=O) groups is 2. The van der Waals surface area contributed by atoms with Gasteiger partial charge in [-0.1, -0.05) is 6.07 Å². The maximum absolute atomic E-state index is 12.7. The minimum absolute atomic E-state index is 0.0313. The van der Waals surface area contributed by atoms with Crippen LogP contribution in [-0.4, -0.2) is 37.2 Å². The van der Waals surface area contributed by atoms with Gasteiger partial charge in [-0.2, -0.15) is 15.3 Å². The molecule has 3 heterocycles. The van der Waals surface area contributed by atoms with Crippen LogP contribution in [0.1, 0.15) is 23.3 Å². The van der Waals surface area contributed by atoms with Crippen LogP contribution >= 0.6 is 0 Å². The third-order valence-corrected chi connectivity index (χ3v) is 4.91. The molecule has 30 heavy (non-hydrogen) atoms. The standard InChI is InChI=1S/C21H17N7O2/c29-20(12-1-2-12)26-16-7-14(9-22-10-16)13-3-4-18-17(8-13)19(28-27-18)21(30)25-15-5-6-23-24-11-15/h3-12H,1-2H2,(H,26,29)(H,27,28)(H,23,25,30). The summed E-state index contributed by atoms with van der Waals surface area (Å²) in [5.74, 6) is -0.202. The van der Waals surface area contributed by atoms with Crippen molar-refractivity contribution >= 4 is 34.1 Å². The van der Waals surface area contributed by atoms with Crippen LogP contribution in [0.2, 0.25) is 0 Å². The topological polar surface area (TPSA) is 126 Å². The Bertz CT molecular complexity index is 1250. The fourth-order valence-corrected chi connectivity index (χ4v) is 3.18. The molecule has 3 aromatic heterocycles. The molecular weight excluding hydrogens is 382 g/mol. The Balaban J connectivity index is 1.44. The summed E-state index contributed by atoms with van der Waals surface area (Å²) < 4.78 is 0. The van der Waals surface area contributed by atoms with Gasteiger partial charge in [-0.3, -0.25) is 19.7 Å². The number of carbonyl (C=O) groups excluding carboxylic acids is 2. The number of pyridine rings is 1. The van der Waals surface area contributed by atoms with E-state index in [1.54, 1.807) is 18.5 Å². The zero-order valence-electron chi connectivity index (χ0n) is 15.8. The summed E-state index contributed by atoms with van der Waals surface area (Å²) in [6.45, 7) is 0. The quantitative estimate of drug-likeness (QED) is 0.474.